The van der Waals surface area contributed by atoms with Gasteiger partial charge in [-0.1, -0.05) is 35.0 Å². The second-order valence-corrected chi connectivity index (χ2v) is 9.34. The molecule has 6 nitrogen and oxygen atoms in total. The maximum atomic E-state index is 12.9. The Balaban J connectivity index is 1.54. The normalized spacial score (nSPS) is 13.5. The van der Waals surface area contributed by atoms with E-state index in [2.05, 4.69) is 15.3 Å². The van der Waals surface area contributed by atoms with Crippen molar-refractivity contribution in [3.05, 3.63) is 43.1 Å². The zero-order chi connectivity index (χ0) is 19.8. The number of anilines is 1. The summed E-state index contributed by atoms with van der Waals surface area (Å²) < 4.78 is 1.52. The molecular formula is C18H16Cl2N4O2S2. The molecule has 0 saturated carbocycles. The molecule has 0 aromatic carbocycles. The molecule has 3 aromatic heterocycles. The number of aromatic nitrogens is 3. The molecule has 3 heterocycles. The van der Waals surface area contributed by atoms with Crippen LogP contribution in [0, 0.1) is 0 Å². The van der Waals surface area contributed by atoms with Crippen LogP contribution in [0.2, 0.25) is 10.0 Å². The summed E-state index contributed by atoms with van der Waals surface area (Å²) in [5.74, 6) is 0.0405. The Morgan fingerprint density at radius 2 is 2.14 bits per heavy atom. The zero-order valence-electron chi connectivity index (χ0n) is 14.9. The smallest absolute Gasteiger partial charge is 0.262 e. The largest absolute Gasteiger partial charge is 0.309 e. The number of amides is 1. The number of thiophene rings is 1. The monoisotopic (exact) mass is 454 g/mol. The van der Waals surface area contributed by atoms with Gasteiger partial charge in [0.25, 0.3) is 5.56 Å². The number of fused-ring (bicyclic) bond motifs is 3. The number of hydrogen-bond acceptors (Lipinski definition) is 6. The summed E-state index contributed by atoms with van der Waals surface area (Å²) in [6.07, 6.45) is 5.63. The minimum absolute atomic E-state index is 0.0466. The van der Waals surface area contributed by atoms with E-state index in [1.165, 1.54) is 33.5 Å². The highest BCUT2D eigenvalue weighted by Crippen LogP contribution is 2.34. The van der Waals surface area contributed by atoms with Crippen molar-refractivity contribution in [2.45, 2.75) is 30.8 Å². The molecule has 0 radical (unpaired) electrons. The summed E-state index contributed by atoms with van der Waals surface area (Å²) in [7, 11) is 1.69. The molecule has 1 N–H and O–H groups in total. The predicted octanol–water partition coefficient (Wildman–Crippen LogP) is 4.31. The summed E-state index contributed by atoms with van der Waals surface area (Å²) >= 11 is 14.6. The minimum atomic E-state index is -0.290. The summed E-state index contributed by atoms with van der Waals surface area (Å²) in [4.78, 5) is 35.8. The molecule has 146 valence electrons. The van der Waals surface area contributed by atoms with Gasteiger partial charge in [-0.05, 0) is 37.3 Å². The first-order valence-electron chi connectivity index (χ1n) is 8.69. The molecule has 0 spiro atoms. The maximum absolute atomic E-state index is 12.9. The van der Waals surface area contributed by atoms with Crippen molar-refractivity contribution in [3.8, 4) is 0 Å². The summed E-state index contributed by atoms with van der Waals surface area (Å²) in [5, 5.41) is 4.56. The van der Waals surface area contributed by atoms with Gasteiger partial charge in [-0.2, -0.15) is 0 Å². The molecule has 1 aliphatic carbocycles. The number of nitrogens with one attached hydrogen (secondary N) is 1. The molecule has 0 unspecified atom stereocenters. The van der Waals surface area contributed by atoms with Gasteiger partial charge in [0, 0.05) is 18.1 Å². The number of carbonyl (C=O) groups is 1. The van der Waals surface area contributed by atoms with Crippen molar-refractivity contribution < 1.29 is 4.79 Å². The molecule has 1 amide bonds. The quantitative estimate of drug-likeness (QED) is 0.469. The lowest BCUT2D eigenvalue weighted by Gasteiger charge is -2.11. The topological polar surface area (TPSA) is 76.9 Å². The first kappa shape index (κ1) is 19.7. The van der Waals surface area contributed by atoms with Gasteiger partial charge in [0.15, 0.2) is 11.0 Å². The summed E-state index contributed by atoms with van der Waals surface area (Å²) in [5.41, 5.74) is 1.12. The first-order chi connectivity index (χ1) is 13.4. The van der Waals surface area contributed by atoms with E-state index in [4.69, 9.17) is 23.2 Å². The molecular weight excluding hydrogens is 439 g/mol. The zero-order valence-corrected chi connectivity index (χ0v) is 18.1. The van der Waals surface area contributed by atoms with Crippen molar-refractivity contribution in [2.75, 3.05) is 11.1 Å². The van der Waals surface area contributed by atoms with Crippen LogP contribution in [0.3, 0.4) is 0 Å². The van der Waals surface area contributed by atoms with Crippen LogP contribution in [0.1, 0.15) is 23.3 Å². The molecule has 0 fully saturated rings. The molecule has 28 heavy (non-hydrogen) atoms. The number of hydrogen-bond donors (Lipinski definition) is 1. The predicted molar refractivity (Wildman–Crippen MR) is 115 cm³/mol. The van der Waals surface area contributed by atoms with E-state index in [0.717, 1.165) is 41.5 Å². The molecule has 0 atom stereocenters. The fourth-order valence-electron chi connectivity index (χ4n) is 3.20. The van der Waals surface area contributed by atoms with Crippen LogP contribution < -0.4 is 10.9 Å². The lowest BCUT2D eigenvalue weighted by atomic mass is 9.97. The highest BCUT2D eigenvalue weighted by Gasteiger charge is 2.21. The molecule has 0 aliphatic heterocycles. The molecule has 0 bridgehead atoms. The van der Waals surface area contributed by atoms with Crippen molar-refractivity contribution in [2.24, 2.45) is 7.05 Å². The standard InChI is InChI=1S/C18H16Cl2N4O2S2/c1-24-17(26)14-10-4-2-3-5-12(10)28-16(14)23-18(24)27-8-13(25)22-15-11(20)6-9(19)7-21-15/h6-7H,2-5,8H2,1H3,(H,21,22,25). The minimum Gasteiger partial charge on any atom is -0.309 e. The van der Waals surface area contributed by atoms with Gasteiger partial charge in [-0.25, -0.2) is 9.97 Å². The average Bonchev–Trinajstić information content (AvgIpc) is 3.04. The number of nitrogens with zero attached hydrogens (tertiary/aromatic N) is 3. The number of thioether (sulfide) groups is 1. The Morgan fingerprint density at radius 3 is 2.93 bits per heavy atom. The van der Waals surface area contributed by atoms with Crippen molar-refractivity contribution >= 4 is 68.2 Å². The van der Waals surface area contributed by atoms with E-state index in [1.54, 1.807) is 18.4 Å². The molecule has 1 aliphatic rings. The molecule has 4 rings (SSSR count). The van der Waals surface area contributed by atoms with Gasteiger partial charge in [-0.15, -0.1) is 11.3 Å². The van der Waals surface area contributed by atoms with Crippen molar-refractivity contribution in [1.82, 2.24) is 14.5 Å². The Morgan fingerprint density at radius 1 is 1.36 bits per heavy atom. The number of halogens is 2. The van der Waals surface area contributed by atoms with E-state index in [1.807, 2.05) is 0 Å². The lowest BCUT2D eigenvalue weighted by molar-refractivity contribution is -0.113. The summed E-state index contributed by atoms with van der Waals surface area (Å²) in [6, 6.07) is 1.51. The third kappa shape index (κ3) is 3.78. The van der Waals surface area contributed by atoms with Gasteiger partial charge in [-0.3, -0.25) is 14.2 Å². The van der Waals surface area contributed by atoms with E-state index < -0.39 is 0 Å². The number of pyridine rings is 1. The third-order valence-electron chi connectivity index (χ3n) is 4.55. The third-order valence-corrected chi connectivity index (χ3v) is 7.26. The van der Waals surface area contributed by atoms with Gasteiger partial charge in [0.05, 0.1) is 21.2 Å². The van der Waals surface area contributed by atoms with Crippen LogP contribution in [-0.2, 0) is 24.7 Å². The van der Waals surface area contributed by atoms with E-state index in [-0.39, 0.29) is 28.1 Å². The fourth-order valence-corrected chi connectivity index (χ4v) is 5.70. The Labute approximate surface area is 179 Å². The summed E-state index contributed by atoms with van der Waals surface area (Å²) in [6.45, 7) is 0. The van der Waals surface area contributed by atoms with Crippen LogP contribution in [0.25, 0.3) is 10.2 Å². The van der Waals surface area contributed by atoms with Crippen LogP contribution in [0.15, 0.2) is 22.2 Å². The van der Waals surface area contributed by atoms with Crippen LogP contribution in [-0.4, -0.2) is 26.2 Å². The molecule has 0 saturated heterocycles. The highest BCUT2D eigenvalue weighted by molar-refractivity contribution is 7.99. The maximum Gasteiger partial charge on any atom is 0.262 e. The van der Waals surface area contributed by atoms with Crippen LogP contribution in [0.4, 0.5) is 5.82 Å². The SMILES string of the molecule is Cn1c(SCC(=O)Nc2ncc(Cl)cc2Cl)nc2sc3c(c2c1=O)CCCC3. The average molecular weight is 455 g/mol. The Hall–Kier alpha value is -1.61. The van der Waals surface area contributed by atoms with Gasteiger partial charge < -0.3 is 5.32 Å². The lowest BCUT2D eigenvalue weighted by Crippen LogP contribution is -2.22. The Kier molecular flexibility index (Phi) is 5.64. The van der Waals surface area contributed by atoms with E-state index >= 15 is 0 Å². The van der Waals surface area contributed by atoms with Crippen LogP contribution in [0.5, 0.6) is 0 Å². The van der Waals surface area contributed by atoms with Gasteiger partial charge in [0.1, 0.15) is 4.83 Å². The van der Waals surface area contributed by atoms with Gasteiger partial charge in [0.2, 0.25) is 5.91 Å². The van der Waals surface area contributed by atoms with Crippen molar-refractivity contribution in [3.63, 3.8) is 0 Å². The second-order valence-electron chi connectivity index (χ2n) is 6.47. The van der Waals surface area contributed by atoms with E-state index in [9.17, 15) is 9.59 Å². The van der Waals surface area contributed by atoms with E-state index in [0.29, 0.717) is 10.2 Å². The number of aryl methyl sites for hydroxylation is 2. The molecule has 10 heteroatoms. The highest BCUT2D eigenvalue weighted by atomic mass is 35.5. The second kappa shape index (κ2) is 8.02. The van der Waals surface area contributed by atoms with Crippen molar-refractivity contribution in [1.29, 1.82) is 0 Å². The first-order valence-corrected chi connectivity index (χ1v) is 11.2. The van der Waals surface area contributed by atoms with Crippen LogP contribution >= 0.6 is 46.3 Å². The Bertz CT molecular complexity index is 1140. The number of rotatable bonds is 4. The fraction of sp³-hybridized carbons (Fsp3) is 0.333. The number of carbonyl (C=O) groups excluding carboxylic acids is 1. The molecule has 3 aromatic rings. The van der Waals surface area contributed by atoms with Gasteiger partial charge >= 0.3 is 0 Å².